The first kappa shape index (κ1) is 8.69. The summed E-state index contributed by atoms with van der Waals surface area (Å²) in [4.78, 5) is 7.75. The molecule has 0 aromatic carbocycles. The van der Waals surface area contributed by atoms with Gasteiger partial charge in [-0.2, -0.15) is 0 Å². The maximum atomic E-state index is 5.80. The highest BCUT2D eigenvalue weighted by molar-refractivity contribution is 5.12. The zero-order chi connectivity index (χ0) is 8.81. The van der Waals surface area contributed by atoms with Crippen molar-refractivity contribution < 1.29 is 0 Å². The zero-order valence-corrected chi connectivity index (χ0v) is 6.99. The van der Waals surface area contributed by atoms with Crippen LogP contribution in [0.1, 0.15) is 24.9 Å². The topological polar surface area (TPSA) is 51.8 Å². The van der Waals surface area contributed by atoms with Gasteiger partial charge in [0.15, 0.2) is 0 Å². The van der Waals surface area contributed by atoms with Crippen LogP contribution in [-0.4, -0.2) is 9.97 Å². The fourth-order valence-corrected chi connectivity index (χ4v) is 0.832. The first-order valence-corrected chi connectivity index (χ1v) is 3.74. The molecule has 1 unspecified atom stereocenters. The molecular formula is C9H11N3. The van der Waals surface area contributed by atoms with Crippen LogP contribution in [0.15, 0.2) is 18.7 Å². The van der Waals surface area contributed by atoms with Crippen molar-refractivity contribution in [3.63, 3.8) is 0 Å². The monoisotopic (exact) mass is 161 g/mol. The molecule has 0 aliphatic heterocycles. The van der Waals surface area contributed by atoms with E-state index >= 15 is 0 Å². The van der Waals surface area contributed by atoms with Crippen LogP contribution < -0.4 is 5.73 Å². The number of hydrogen-bond acceptors (Lipinski definition) is 3. The standard InChI is InChI=1S/C9H11N3/c1-2-3-4-9(10)8-5-11-7-12-6-8/h5-7,9H,4,10H2,1H3. The van der Waals surface area contributed by atoms with Crippen molar-refractivity contribution in [2.45, 2.75) is 19.4 Å². The summed E-state index contributed by atoms with van der Waals surface area (Å²) in [5.41, 5.74) is 6.73. The predicted octanol–water partition coefficient (Wildman–Crippen LogP) is 0.890. The Bertz CT molecular complexity index is 284. The smallest absolute Gasteiger partial charge is 0.115 e. The van der Waals surface area contributed by atoms with Gasteiger partial charge >= 0.3 is 0 Å². The van der Waals surface area contributed by atoms with Gasteiger partial charge in [0, 0.05) is 30.4 Å². The summed E-state index contributed by atoms with van der Waals surface area (Å²) in [7, 11) is 0. The molecule has 0 aliphatic rings. The van der Waals surface area contributed by atoms with Crippen LogP contribution in [0.4, 0.5) is 0 Å². The van der Waals surface area contributed by atoms with E-state index in [1.807, 2.05) is 0 Å². The molecule has 0 aliphatic carbocycles. The molecule has 0 saturated carbocycles. The average Bonchev–Trinajstić information content (AvgIpc) is 2.15. The Kier molecular flexibility index (Phi) is 3.24. The van der Waals surface area contributed by atoms with Crippen molar-refractivity contribution in [2.24, 2.45) is 5.73 Å². The Labute approximate surface area is 72.0 Å². The lowest BCUT2D eigenvalue weighted by Crippen LogP contribution is -2.09. The van der Waals surface area contributed by atoms with Gasteiger partial charge in [0.1, 0.15) is 6.33 Å². The molecule has 1 heterocycles. The molecule has 0 amide bonds. The van der Waals surface area contributed by atoms with Crippen LogP contribution in [0.5, 0.6) is 0 Å². The molecule has 0 fully saturated rings. The second-order valence-electron chi connectivity index (χ2n) is 2.41. The molecule has 2 N–H and O–H groups in total. The van der Waals surface area contributed by atoms with Crippen LogP contribution in [0.2, 0.25) is 0 Å². The van der Waals surface area contributed by atoms with Gasteiger partial charge in [-0.15, -0.1) is 11.8 Å². The minimum atomic E-state index is -0.0707. The van der Waals surface area contributed by atoms with E-state index in [9.17, 15) is 0 Å². The molecule has 0 spiro atoms. The molecule has 0 bridgehead atoms. The van der Waals surface area contributed by atoms with Crippen LogP contribution >= 0.6 is 0 Å². The van der Waals surface area contributed by atoms with E-state index in [4.69, 9.17) is 5.73 Å². The van der Waals surface area contributed by atoms with Gasteiger partial charge < -0.3 is 5.73 Å². The third-order valence-electron chi connectivity index (χ3n) is 1.51. The lowest BCUT2D eigenvalue weighted by molar-refractivity contribution is 0.743. The van der Waals surface area contributed by atoms with Crippen molar-refractivity contribution in [2.75, 3.05) is 0 Å². The fraction of sp³-hybridized carbons (Fsp3) is 0.333. The SMILES string of the molecule is CC#CCC(N)c1cncnc1. The van der Waals surface area contributed by atoms with E-state index in [2.05, 4.69) is 21.8 Å². The molecule has 3 heteroatoms. The lowest BCUT2D eigenvalue weighted by Gasteiger charge is -2.05. The van der Waals surface area contributed by atoms with Gasteiger partial charge in [0.05, 0.1) is 0 Å². The fourth-order valence-electron chi connectivity index (χ4n) is 0.832. The van der Waals surface area contributed by atoms with Crippen LogP contribution in [0.25, 0.3) is 0 Å². The van der Waals surface area contributed by atoms with E-state index in [1.165, 1.54) is 6.33 Å². The average molecular weight is 161 g/mol. The van der Waals surface area contributed by atoms with Crippen LogP contribution in [0.3, 0.4) is 0 Å². The zero-order valence-electron chi connectivity index (χ0n) is 6.99. The van der Waals surface area contributed by atoms with Gasteiger partial charge in [0.25, 0.3) is 0 Å². The molecule has 62 valence electrons. The van der Waals surface area contributed by atoms with Gasteiger partial charge in [-0.1, -0.05) is 0 Å². The molecule has 3 nitrogen and oxygen atoms in total. The Morgan fingerprint density at radius 2 is 2.17 bits per heavy atom. The molecule has 1 aromatic heterocycles. The summed E-state index contributed by atoms with van der Waals surface area (Å²) in [6.07, 6.45) is 5.58. The molecule has 1 atom stereocenters. The Morgan fingerprint density at radius 3 is 2.75 bits per heavy atom. The second kappa shape index (κ2) is 4.47. The molecule has 12 heavy (non-hydrogen) atoms. The first-order chi connectivity index (χ1) is 5.84. The molecule has 1 rings (SSSR count). The van der Waals surface area contributed by atoms with Crippen LogP contribution in [-0.2, 0) is 0 Å². The van der Waals surface area contributed by atoms with E-state index in [0.29, 0.717) is 6.42 Å². The number of nitrogens with two attached hydrogens (primary N) is 1. The quantitative estimate of drug-likeness (QED) is 0.655. The minimum absolute atomic E-state index is 0.0707. The Balaban J connectivity index is 2.63. The maximum Gasteiger partial charge on any atom is 0.115 e. The summed E-state index contributed by atoms with van der Waals surface area (Å²) in [5.74, 6) is 5.71. The maximum absolute atomic E-state index is 5.80. The van der Waals surface area contributed by atoms with Crippen molar-refractivity contribution in [1.29, 1.82) is 0 Å². The van der Waals surface area contributed by atoms with Gasteiger partial charge in [-0.25, -0.2) is 9.97 Å². The van der Waals surface area contributed by atoms with Crippen molar-refractivity contribution in [3.05, 3.63) is 24.3 Å². The van der Waals surface area contributed by atoms with E-state index < -0.39 is 0 Å². The number of rotatable bonds is 2. The normalized spacial score (nSPS) is 11.5. The summed E-state index contributed by atoms with van der Waals surface area (Å²) in [6.45, 7) is 1.80. The van der Waals surface area contributed by atoms with E-state index in [-0.39, 0.29) is 6.04 Å². The number of hydrogen-bond donors (Lipinski definition) is 1. The van der Waals surface area contributed by atoms with Gasteiger partial charge in [-0.05, 0) is 6.92 Å². The summed E-state index contributed by atoms with van der Waals surface area (Å²) < 4.78 is 0. The number of nitrogens with zero attached hydrogens (tertiary/aromatic N) is 2. The summed E-state index contributed by atoms with van der Waals surface area (Å²) >= 11 is 0. The van der Waals surface area contributed by atoms with Crippen molar-refractivity contribution in [3.8, 4) is 11.8 Å². The molecular weight excluding hydrogens is 150 g/mol. The summed E-state index contributed by atoms with van der Waals surface area (Å²) in [6, 6.07) is -0.0707. The summed E-state index contributed by atoms with van der Waals surface area (Å²) in [5, 5.41) is 0. The molecule has 1 aromatic rings. The molecule has 0 radical (unpaired) electrons. The van der Waals surface area contributed by atoms with E-state index in [1.54, 1.807) is 19.3 Å². The highest BCUT2D eigenvalue weighted by Gasteiger charge is 2.02. The van der Waals surface area contributed by atoms with Gasteiger partial charge in [-0.3, -0.25) is 0 Å². The third-order valence-corrected chi connectivity index (χ3v) is 1.51. The third kappa shape index (κ3) is 2.33. The minimum Gasteiger partial charge on any atom is -0.323 e. The highest BCUT2D eigenvalue weighted by atomic mass is 14.8. The van der Waals surface area contributed by atoms with Crippen molar-refractivity contribution >= 4 is 0 Å². The van der Waals surface area contributed by atoms with Crippen molar-refractivity contribution in [1.82, 2.24) is 9.97 Å². The van der Waals surface area contributed by atoms with Crippen LogP contribution in [0, 0.1) is 11.8 Å². The van der Waals surface area contributed by atoms with E-state index in [0.717, 1.165) is 5.56 Å². The predicted molar refractivity (Wildman–Crippen MR) is 47.0 cm³/mol. The van der Waals surface area contributed by atoms with Gasteiger partial charge in [0.2, 0.25) is 0 Å². The lowest BCUT2D eigenvalue weighted by atomic mass is 10.1. The molecule has 0 saturated heterocycles. The second-order valence-corrected chi connectivity index (χ2v) is 2.41. The first-order valence-electron chi connectivity index (χ1n) is 3.74. The Hall–Kier alpha value is -1.40. The number of aromatic nitrogens is 2. The largest absolute Gasteiger partial charge is 0.323 e. The Morgan fingerprint density at radius 1 is 1.50 bits per heavy atom. The highest BCUT2D eigenvalue weighted by Crippen LogP contribution is 2.09.